The quantitative estimate of drug-likeness (QED) is 0.165. The number of ether oxygens (including phenoxy) is 1. The van der Waals surface area contributed by atoms with Crippen LogP contribution in [0.15, 0.2) is 84.9 Å². The van der Waals surface area contributed by atoms with Crippen LogP contribution in [-0.2, 0) is 4.79 Å². The number of Topliss-reactive ketones (excluding diaryl/α,β-unsaturated/α-hetero) is 1. The molecule has 5 aromatic rings. The van der Waals surface area contributed by atoms with Gasteiger partial charge in [-0.25, -0.2) is 0 Å². The van der Waals surface area contributed by atoms with E-state index in [2.05, 4.69) is 25.1 Å². The summed E-state index contributed by atoms with van der Waals surface area (Å²) in [6.07, 6.45) is 0.493. The molecule has 1 heterocycles. The Balaban J connectivity index is 1.53. The predicted molar refractivity (Wildman–Crippen MR) is 163 cm³/mol. The maximum Gasteiger partial charge on any atom is 0.303 e. The lowest BCUT2D eigenvalue weighted by Crippen LogP contribution is -2.11. The summed E-state index contributed by atoms with van der Waals surface area (Å²) >= 11 is 12.6. The van der Waals surface area contributed by atoms with Gasteiger partial charge in [0.2, 0.25) is 0 Å². The molecule has 1 N–H and O–H groups in total. The van der Waals surface area contributed by atoms with Crippen LogP contribution >= 0.6 is 23.2 Å². The Bertz CT molecular complexity index is 1720. The van der Waals surface area contributed by atoms with Gasteiger partial charge in [-0.2, -0.15) is 5.10 Å². The van der Waals surface area contributed by atoms with E-state index in [0.717, 1.165) is 44.6 Å². The van der Waals surface area contributed by atoms with Gasteiger partial charge in [-0.15, -0.1) is 0 Å². The lowest BCUT2D eigenvalue weighted by atomic mass is 10.0. The van der Waals surface area contributed by atoms with E-state index in [0.29, 0.717) is 22.0 Å². The molecule has 0 aliphatic rings. The molecule has 0 bridgehead atoms. The van der Waals surface area contributed by atoms with E-state index in [1.54, 1.807) is 25.3 Å². The summed E-state index contributed by atoms with van der Waals surface area (Å²) in [5.74, 6) is -0.173. The van der Waals surface area contributed by atoms with E-state index in [1.807, 2.05) is 53.2 Å². The SMILES string of the molecule is COc1ccc2cc(-c3cc(-c4cc(Cl)cc(Cl)c4)nn3C(C)c3ccc(C(=O)CCCC(=O)O)cc3)ccc2c1. The van der Waals surface area contributed by atoms with Gasteiger partial charge in [0.15, 0.2) is 5.78 Å². The molecule has 41 heavy (non-hydrogen) atoms. The number of rotatable bonds is 10. The number of aromatic nitrogens is 2. The lowest BCUT2D eigenvalue weighted by Gasteiger charge is -2.17. The Morgan fingerprint density at radius 2 is 1.54 bits per heavy atom. The second-order valence-electron chi connectivity index (χ2n) is 9.91. The number of ketones is 1. The van der Waals surface area contributed by atoms with Crippen molar-refractivity contribution in [3.8, 4) is 28.3 Å². The summed E-state index contributed by atoms with van der Waals surface area (Å²) in [7, 11) is 1.65. The summed E-state index contributed by atoms with van der Waals surface area (Å²) < 4.78 is 7.35. The standard InChI is InChI=1S/C33H28Cl2N2O4/c1-20(21-6-8-22(9-7-21)32(38)4-3-5-33(39)40)37-31(19-30(36-37)26-15-27(34)18-28(35)16-26)25-11-10-24-17-29(41-2)13-12-23(24)14-25/h6-20H,3-5H2,1-2H3,(H,39,40). The third kappa shape index (κ3) is 6.45. The maximum atomic E-state index is 12.5. The van der Waals surface area contributed by atoms with E-state index >= 15 is 0 Å². The number of hydrogen-bond acceptors (Lipinski definition) is 4. The number of benzene rings is 4. The number of carbonyl (C=O) groups excluding carboxylic acids is 1. The van der Waals surface area contributed by atoms with Crippen molar-refractivity contribution in [1.29, 1.82) is 0 Å². The van der Waals surface area contributed by atoms with E-state index in [9.17, 15) is 9.59 Å². The molecule has 208 valence electrons. The van der Waals surface area contributed by atoms with Crippen LogP contribution in [0.3, 0.4) is 0 Å². The molecule has 1 unspecified atom stereocenters. The van der Waals surface area contributed by atoms with Gasteiger partial charge >= 0.3 is 5.97 Å². The molecule has 8 heteroatoms. The average Bonchev–Trinajstić information content (AvgIpc) is 3.41. The number of methoxy groups -OCH3 is 1. The van der Waals surface area contributed by atoms with Crippen LogP contribution in [0.1, 0.15) is 48.1 Å². The summed E-state index contributed by atoms with van der Waals surface area (Å²) in [5.41, 5.74) is 4.98. The van der Waals surface area contributed by atoms with Gasteiger partial charge in [-0.3, -0.25) is 14.3 Å². The van der Waals surface area contributed by atoms with E-state index in [4.69, 9.17) is 38.1 Å². The number of nitrogens with zero attached hydrogens (tertiary/aromatic N) is 2. The summed E-state index contributed by atoms with van der Waals surface area (Å²) in [6, 6.07) is 26.9. The van der Waals surface area contributed by atoms with Crippen molar-refractivity contribution < 1.29 is 19.4 Å². The van der Waals surface area contributed by atoms with Gasteiger partial charge in [0.05, 0.1) is 24.5 Å². The molecule has 1 atom stereocenters. The summed E-state index contributed by atoms with van der Waals surface area (Å²) in [4.78, 5) is 23.3. The fourth-order valence-electron chi connectivity index (χ4n) is 4.89. The first-order valence-electron chi connectivity index (χ1n) is 13.2. The Morgan fingerprint density at radius 3 is 2.22 bits per heavy atom. The molecular formula is C33H28Cl2N2O4. The first-order valence-corrected chi connectivity index (χ1v) is 14.0. The first-order chi connectivity index (χ1) is 19.7. The normalized spacial score (nSPS) is 11.9. The zero-order valence-corrected chi connectivity index (χ0v) is 24.1. The van der Waals surface area contributed by atoms with Crippen LogP contribution in [0.2, 0.25) is 10.0 Å². The minimum Gasteiger partial charge on any atom is -0.497 e. The predicted octanol–water partition coefficient (Wildman–Crippen LogP) is 8.73. The number of halogens is 2. The minimum absolute atomic E-state index is 0.0224. The molecule has 0 spiro atoms. The van der Waals surface area contributed by atoms with Gasteiger partial charge in [0.25, 0.3) is 0 Å². The molecular weight excluding hydrogens is 559 g/mol. The van der Waals surface area contributed by atoms with Crippen molar-refractivity contribution in [3.05, 3.63) is 106 Å². The van der Waals surface area contributed by atoms with Crippen LogP contribution < -0.4 is 4.74 Å². The molecule has 0 amide bonds. The molecule has 0 aliphatic heterocycles. The number of fused-ring (bicyclic) bond motifs is 1. The van der Waals surface area contributed by atoms with E-state index in [1.165, 1.54) is 0 Å². The summed E-state index contributed by atoms with van der Waals surface area (Å²) in [6.45, 7) is 2.06. The largest absolute Gasteiger partial charge is 0.497 e. The Morgan fingerprint density at radius 1 is 0.854 bits per heavy atom. The third-order valence-corrected chi connectivity index (χ3v) is 7.55. The van der Waals surface area contributed by atoms with Crippen molar-refractivity contribution in [2.45, 2.75) is 32.2 Å². The number of carbonyl (C=O) groups is 2. The number of aliphatic carboxylic acids is 1. The van der Waals surface area contributed by atoms with Crippen LogP contribution in [0.25, 0.3) is 33.3 Å². The number of carboxylic acid groups (broad SMARTS) is 1. The zero-order valence-electron chi connectivity index (χ0n) is 22.6. The van der Waals surface area contributed by atoms with Gasteiger partial charge < -0.3 is 9.84 Å². The van der Waals surface area contributed by atoms with Crippen molar-refractivity contribution in [1.82, 2.24) is 9.78 Å². The van der Waals surface area contributed by atoms with Crippen LogP contribution in [0, 0.1) is 0 Å². The molecule has 0 aliphatic carbocycles. The highest BCUT2D eigenvalue weighted by atomic mass is 35.5. The second kappa shape index (κ2) is 12.2. The molecule has 0 saturated carbocycles. The number of carboxylic acids is 1. The second-order valence-corrected chi connectivity index (χ2v) is 10.8. The molecule has 0 saturated heterocycles. The number of hydrogen-bond donors (Lipinski definition) is 1. The van der Waals surface area contributed by atoms with Crippen molar-refractivity contribution >= 4 is 45.7 Å². The monoisotopic (exact) mass is 586 g/mol. The fraction of sp³-hybridized carbons (Fsp3) is 0.182. The molecule has 1 aromatic heterocycles. The molecule has 0 radical (unpaired) electrons. The Kier molecular flexibility index (Phi) is 8.43. The zero-order chi connectivity index (χ0) is 29.1. The molecule has 6 nitrogen and oxygen atoms in total. The molecule has 5 rings (SSSR count). The smallest absolute Gasteiger partial charge is 0.303 e. The first kappa shape index (κ1) is 28.4. The van der Waals surface area contributed by atoms with Crippen LogP contribution in [-0.4, -0.2) is 33.7 Å². The molecule has 0 fully saturated rings. The van der Waals surface area contributed by atoms with Gasteiger partial charge in [0.1, 0.15) is 5.75 Å². The van der Waals surface area contributed by atoms with Gasteiger partial charge in [-0.05, 0) is 72.1 Å². The maximum absolute atomic E-state index is 12.5. The highest BCUT2D eigenvalue weighted by Crippen LogP contribution is 2.35. The topological polar surface area (TPSA) is 81.4 Å². The molecule has 4 aromatic carbocycles. The average molecular weight is 588 g/mol. The van der Waals surface area contributed by atoms with Gasteiger partial charge in [0, 0.05) is 39.6 Å². The Labute approximate surface area is 248 Å². The van der Waals surface area contributed by atoms with Gasteiger partial charge in [-0.1, -0.05) is 65.7 Å². The third-order valence-electron chi connectivity index (χ3n) is 7.11. The highest BCUT2D eigenvalue weighted by molar-refractivity contribution is 6.35. The summed E-state index contributed by atoms with van der Waals surface area (Å²) in [5, 5.41) is 17.0. The van der Waals surface area contributed by atoms with Crippen molar-refractivity contribution in [2.75, 3.05) is 7.11 Å². The lowest BCUT2D eigenvalue weighted by molar-refractivity contribution is -0.137. The van der Waals surface area contributed by atoms with Crippen LogP contribution in [0.4, 0.5) is 0 Å². The van der Waals surface area contributed by atoms with Crippen LogP contribution in [0.5, 0.6) is 5.75 Å². The Hall–Kier alpha value is -4.13. The highest BCUT2D eigenvalue weighted by Gasteiger charge is 2.19. The fourth-order valence-corrected chi connectivity index (χ4v) is 5.42. The van der Waals surface area contributed by atoms with Crippen molar-refractivity contribution in [3.63, 3.8) is 0 Å². The minimum atomic E-state index is -0.900. The van der Waals surface area contributed by atoms with E-state index < -0.39 is 5.97 Å². The van der Waals surface area contributed by atoms with E-state index in [-0.39, 0.29) is 24.7 Å². The van der Waals surface area contributed by atoms with Crippen molar-refractivity contribution in [2.24, 2.45) is 0 Å².